The summed E-state index contributed by atoms with van der Waals surface area (Å²) in [5.41, 5.74) is 15.4. The molecule has 2 aromatic heterocycles. The summed E-state index contributed by atoms with van der Waals surface area (Å²) in [4.78, 5) is 0. The van der Waals surface area contributed by atoms with Gasteiger partial charge in [0.2, 0.25) is 0 Å². The smallest absolute Gasteiger partial charge is 0.119 e. The van der Waals surface area contributed by atoms with Gasteiger partial charge in [0.1, 0.15) is 11.0 Å². The number of fused-ring (bicyclic) bond motifs is 4. The van der Waals surface area contributed by atoms with Crippen molar-refractivity contribution in [1.29, 1.82) is 0 Å². The Morgan fingerprint density at radius 1 is 0.490 bits per heavy atom. The highest BCUT2D eigenvalue weighted by Crippen LogP contribution is 2.39. The van der Waals surface area contributed by atoms with Crippen molar-refractivity contribution in [3.8, 4) is 39.1 Å². The largest absolute Gasteiger partial charge is 0.309 e. The van der Waals surface area contributed by atoms with Gasteiger partial charge >= 0.3 is 0 Å². The molecule has 0 bridgehead atoms. The number of hydrogen-bond acceptors (Lipinski definition) is 3. The molecule has 0 amide bonds. The fraction of sp³-hybridized carbons (Fsp3) is 0.182. The highest BCUT2D eigenvalue weighted by atomic mass is 79.9. The number of aromatic nitrogens is 3. The van der Waals surface area contributed by atoms with Gasteiger partial charge in [-0.05, 0) is 108 Å². The van der Waals surface area contributed by atoms with Crippen molar-refractivity contribution < 1.29 is 0 Å². The minimum Gasteiger partial charge on any atom is -0.309 e. The molecule has 5 heteroatoms. The Balaban J connectivity index is 1.28. The van der Waals surface area contributed by atoms with Crippen molar-refractivity contribution >= 4 is 60.5 Å². The van der Waals surface area contributed by atoms with Crippen LogP contribution in [0.2, 0.25) is 0 Å². The fourth-order valence-corrected chi connectivity index (χ4v) is 7.95. The average Bonchev–Trinajstić information content (AvgIpc) is 3.72. The van der Waals surface area contributed by atoms with Gasteiger partial charge in [-0.1, -0.05) is 120 Å². The lowest BCUT2D eigenvalue weighted by Crippen LogP contribution is -2.10. The van der Waals surface area contributed by atoms with Gasteiger partial charge in [-0.2, -0.15) is 8.75 Å². The van der Waals surface area contributed by atoms with Gasteiger partial charge in [-0.15, -0.1) is 0 Å². The van der Waals surface area contributed by atoms with Crippen LogP contribution in [0.3, 0.4) is 0 Å². The first-order valence-corrected chi connectivity index (χ1v) is 18.3. The van der Waals surface area contributed by atoms with Crippen LogP contribution in [0.1, 0.15) is 52.7 Å². The van der Waals surface area contributed by atoms with Crippen molar-refractivity contribution in [3.05, 3.63) is 137 Å². The third-order valence-electron chi connectivity index (χ3n) is 9.74. The van der Waals surface area contributed by atoms with Crippen LogP contribution >= 0.6 is 27.7 Å². The molecular weight excluding hydrogens is 682 g/mol. The summed E-state index contributed by atoms with van der Waals surface area (Å²) in [6.45, 7) is 13.6. The van der Waals surface area contributed by atoms with E-state index in [4.69, 9.17) is 0 Å². The minimum atomic E-state index is 0.118. The normalized spacial score (nSPS) is 12.4. The molecule has 49 heavy (non-hydrogen) atoms. The first-order chi connectivity index (χ1) is 23.5. The molecule has 2 heterocycles. The van der Waals surface area contributed by atoms with Crippen molar-refractivity contribution in [2.24, 2.45) is 0 Å². The van der Waals surface area contributed by atoms with E-state index in [2.05, 4.69) is 192 Å². The van der Waals surface area contributed by atoms with Crippen LogP contribution in [-0.2, 0) is 10.8 Å². The molecule has 242 valence electrons. The Morgan fingerprint density at radius 2 is 0.939 bits per heavy atom. The van der Waals surface area contributed by atoms with Crippen LogP contribution in [0.4, 0.5) is 0 Å². The molecule has 0 aliphatic rings. The molecule has 0 N–H and O–H groups in total. The maximum atomic E-state index is 4.61. The standard InChI is InChI=1S/C44H38BrN3S/c1-43(2,3)32-15-7-27(8-16-32)30-13-23-39-36(25-30)37-26-31(28-9-17-33(18-10-28)44(4,5)6)14-24-40(37)48(39)34-19-11-29(12-20-34)35-21-22-38(45)42-41(35)46-49-47-42/h7-26H,1-6H3. The maximum absolute atomic E-state index is 4.61. The average molecular weight is 721 g/mol. The first kappa shape index (κ1) is 31.7. The fourth-order valence-electron chi connectivity index (χ4n) is 6.85. The summed E-state index contributed by atoms with van der Waals surface area (Å²) in [6.07, 6.45) is 0. The lowest BCUT2D eigenvalue weighted by Gasteiger charge is -2.19. The molecule has 0 fully saturated rings. The zero-order valence-corrected chi connectivity index (χ0v) is 31.1. The van der Waals surface area contributed by atoms with Crippen LogP contribution in [0, 0.1) is 0 Å². The second kappa shape index (κ2) is 11.8. The number of rotatable bonds is 4. The van der Waals surface area contributed by atoms with E-state index in [0.29, 0.717) is 0 Å². The van der Waals surface area contributed by atoms with Crippen molar-refractivity contribution in [2.45, 2.75) is 52.4 Å². The predicted octanol–water partition coefficient (Wildman–Crippen LogP) is 13.1. The van der Waals surface area contributed by atoms with Crippen LogP contribution in [0.5, 0.6) is 0 Å². The van der Waals surface area contributed by atoms with Gasteiger partial charge in [0.15, 0.2) is 0 Å². The van der Waals surface area contributed by atoms with Crippen molar-refractivity contribution in [2.75, 3.05) is 0 Å². The van der Waals surface area contributed by atoms with Gasteiger partial charge in [-0.25, -0.2) is 0 Å². The summed E-state index contributed by atoms with van der Waals surface area (Å²) in [6, 6.07) is 45.0. The molecule has 0 aliphatic carbocycles. The SMILES string of the molecule is CC(C)(C)c1ccc(-c2ccc3c(c2)c2cc(-c4ccc(C(C)(C)C)cc4)ccc2n3-c2ccc(-c3ccc(Br)c4nsnc34)cc2)cc1. The number of nitrogens with zero attached hydrogens (tertiary/aromatic N) is 3. The van der Waals surface area contributed by atoms with E-state index < -0.39 is 0 Å². The Morgan fingerprint density at radius 3 is 1.43 bits per heavy atom. The van der Waals surface area contributed by atoms with Crippen LogP contribution in [-0.4, -0.2) is 13.3 Å². The highest BCUT2D eigenvalue weighted by molar-refractivity contribution is 9.10. The molecule has 8 rings (SSSR count). The van der Waals surface area contributed by atoms with E-state index in [1.165, 1.54) is 66.9 Å². The predicted molar refractivity (Wildman–Crippen MR) is 213 cm³/mol. The lowest BCUT2D eigenvalue weighted by atomic mass is 9.86. The first-order valence-electron chi connectivity index (χ1n) is 16.8. The van der Waals surface area contributed by atoms with E-state index in [1.54, 1.807) is 0 Å². The highest BCUT2D eigenvalue weighted by Gasteiger charge is 2.18. The second-order valence-corrected chi connectivity index (χ2v) is 16.4. The van der Waals surface area contributed by atoms with E-state index in [1.807, 2.05) is 0 Å². The van der Waals surface area contributed by atoms with Gasteiger partial charge in [0.05, 0.1) is 22.8 Å². The molecule has 0 radical (unpaired) electrons. The van der Waals surface area contributed by atoms with E-state index in [9.17, 15) is 0 Å². The molecule has 3 nitrogen and oxygen atoms in total. The van der Waals surface area contributed by atoms with E-state index in [-0.39, 0.29) is 10.8 Å². The molecule has 0 unspecified atom stereocenters. The molecule has 0 spiro atoms. The maximum Gasteiger partial charge on any atom is 0.119 e. The number of benzene rings is 6. The zero-order chi connectivity index (χ0) is 34.1. The third-order valence-corrected chi connectivity index (χ3v) is 10.9. The molecule has 0 saturated heterocycles. The zero-order valence-electron chi connectivity index (χ0n) is 28.7. The quantitative estimate of drug-likeness (QED) is 0.181. The second-order valence-electron chi connectivity index (χ2n) is 15.1. The van der Waals surface area contributed by atoms with E-state index in [0.717, 1.165) is 32.3 Å². The van der Waals surface area contributed by atoms with Gasteiger partial charge in [0, 0.05) is 26.5 Å². The van der Waals surface area contributed by atoms with Crippen LogP contribution in [0.15, 0.2) is 126 Å². The van der Waals surface area contributed by atoms with Crippen LogP contribution in [0.25, 0.3) is 71.9 Å². The Kier molecular flexibility index (Phi) is 7.62. The topological polar surface area (TPSA) is 30.7 Å². The monoisotopic (exact) mass is 719 g/mol. The molecule has 0 saturated carbocycles. The summed E-state index contributed by atoms with van der Waals surface area (Å²) >= 11 is 4.88. The van der Waals surface area contributed by atoms with Crippen molar-refractivity contribution in [1.82, 2.24) is 13.3 Å². The summed E-state index contributed by atoms with van der Waals surface area (Å²) in [7, 11) is 0. The van der Waals surface area contributed by atoms with Gasteiger partial charge in [0.25, 0.3) is 0 Å². The summed E-state index contributed by atoms with van der Waals surface area (Å²) < 4.78 is 12.5. The third kappa shape index (κ3) is 5.69. The van der Waals surface area contributed by atoms with Gasteiger partial charge < -0.3 is 4.57 Å². The molecule has 0 aliphatic heterocycles. The Labute approximate surface area is 300 Å². The lowest BCUT2D eigenvalue weighted by molar-refractivity contribution is 0.590. The Hall–Kier alpha value is -4.58. The number of halogens is 1. The summed E-state index contributed by atoms with van der Waals surface area (Å²) in [5.74, 6) is 0. The molecule has 8 aromatic rings. The minimum absolute atomic E-state index is 0.118. The van der Waals surface area contributed by atoms with Crippen molar-refractivity contribution in [3.63, 3.8) is 0 Å². The van der Waals surface area contributed by atoms with Crippen LogP contribution < -0.4 is 0 Å². The molecule has 6 aromatic carbocycles. The molecular formula is C44H38BrN3S. The Bertz CT molecular complexity index is 2370. The number of hydrogen-bond donors (Lipinski definition) is 0. The molecule has 0 atom stereocenters. The summed E-state index contributed by atoms with van der Waals surface area (Å²) in [5, 5.41) is 2.49. The van der Waals surface area contributed by atoms with Gasteiger partial charge in [-0.3, -0.25) is 0 Å². The van der Waals surface area contributed by atoms with E-state index >= 15 is 0 Å².